The number of rotatable bonds is 1. The zero-order valence-corrected chi connectivity index (χ0v) is 11.6. The van der Waals surface area contributed by atoms with Crippen molar-refractivity contribution in [2.75, 3.05) is 0 Å². The van der Waals surface area contributed by atoms with Crippen LogP contribution in [-0.4, -0.2) is 15.0 Å². The maximum absolute atomic E-state index is 4.80. The first-order valence-electron chi connectivity index (χ1n) is 6.89. The Morgan fingerprint density at radius 2 is 1.57 bits per heavy atom. The van der Waals surface area contributed by atoms with Gasteiger partial charge < -0.3 is 0 Å². The Morgan fingerprint density at radius 3 is 2.38 bits per heavy atom. The molecule has 0 aliphatic rings. The molecule has 0 saturated heterocycles. The Balaban J connectivity index is 2.00. The molecule has 0 aliphatic heterocycles. The minimum atomic E-state index is 0.924. The number of aryl methyl sites for hydroxylation is 1. The van der Waals surface area contributed by atoms with E-state index >= 15 is 0 Å². The van der Waals surface area contributed by atoms with Crippen molar-refractivity contribution in [3.8, 4) is 11.3 Å². The van der Waals surface area contributed by atoms with Crippen molar-refractivity contribution in [3.05, 3.63) is 66.6 Å². The van der Waals surface area contributed by atoms with E-state index in [-0.39, 0.29) is 0 Å². The molecule has 0 bridgehead atoms. The van der Waals surface area contributed by atoms with E-state index in [1.54, 1.807) is 0 Å². The van der Waals surface area contributed by atoms with Crippen LogP contribution in [0.1, 0.15) is 5.69 Å². The zero-order valence-electron chi connectivity index (χ0n) is 11.6. The maximum atomic E-state index is 4.80. The van der Waals surface area contributed by atoms with Crippen molar-refractivity contribution in [1.29, 1.82) is 0 Å². The largest absolute Gasteiger partial charge is 0.261 e. The summed E-state index contributed by atoms with van der Waals surface area (Å²) in [7, 11) is 0. The molecule has 4 aromatic rings. The van der Waals surface area contributed by atoms with Crippen LogP contribution in [0.25, 0.3) is 33.1 Å². The van der Waals surface area contributed by atoms with Crippen LogP contribution in [0.3, 0.4) is 0 Å². The number of fused-ring (bicyclic) bond motifs is 3. The molecule has 3 nitrogen and oxygen atoms in total. The molecule has 0 saturated carbocycles. The third-order valence-corrected chi connectivity index (χ3v) is 3.64. The highest BCUT2D eigenvalue weighted by molar-refractivity contribution is 6.03. The van der Waals surface area contributed by atoms with Gasteiger partial charge >= 0.3 is 0 Å². The minimum Gasteiger partial charge on any atom is -0.261 e. The molecule has 0 atom stereocenters. The molecule has 4 rings (SSSR count). The number of hydrogen-bond donors (Lipinski definition) is 0. The quantitative estimate of drug-likeness (QED) is 0.488. The van der Waals surface area contributed by atoms with Crippen LogP contribution in [0.4, 0.5) is 0 Å². The lowest BCUT2D eigenvalue weighted by Gasteiger charge is -2.05. The SMILES string of the molecule is Cc1ccc(-c2ccc3ccc4cccnc4c3n2)cn1. The second-order valence-corrected chi connectivity index (χ2v) is 5.10. The lowest BCUT2D eigenvalue weighted by atomic mass is 10.1. The molecule has 21 heavy (non-hydrogen) atoms. The topological polar surface area (TPSA) is 38.7 Å². The molecule has 0 aliphatic carbocycles. The fraction of sp³-hybridized carbons (Fsp3) is 0.0556. The summed E-state index contributed by atoms with van der Waals surface area (Å²) in [4.78, 5) is 13.6. The predicted molar refractivity (Wildman–Crippen MR) is 85.0 cm³/mol. The summed E-state index contributed by atoms with van der Waals surface area (Å²) in [5, 5.41) is 2.21. The van der Waals surface area contributed by atoms with Gasteiger partial charge in [0.05, 0.1) is 16.7 Å². The Hall–Kier alpha value is -2.81. The summed E-state index contributed by atoms with van der Waals surface area (Å²) in [5.41, 5.74) is 4.83. The van der Waals surface area contributed by atoms with Gasteiger partial charge in [-0.1, -0.05) is 24.3 Å². The van der Waals surface area contributed by atoms with Crippen LogP contribution in [0.2, 0.25) is 0 Å². The second-order valence-electron chi connectivity index (χ2n) is 5.10. The van der Waals surface area contributed by atoms with E-state index in [2.05, 4.69) is 40.3 Å². The first kappa shape index (κ1) is 12.0. The lowest BCUT2D eigenvalue weighted by molar-refractivity contribution is 1.20. The third-order valence-electron chi connectivity index (χ3n) is 3.64. The van der Waals surface area contributed by atoms with Gasteiger partial charge in [-0.05, 0) is 31.2 Å². The standard InChI is InChI=1S/C18H13N3/c1-12-4-5-15(11-20-12)16-9-8-14-7-6-13-3-2-10-19-17(13)18(14)21-16/h2-11H,1H3. The Kier molecular flexibility index (Phi) is 2.64. The fourth-order valence-corrected chi connectivity index (χ4v) is 2.50. The molecule has 3 heteroatoms. The van der Waals surface area contributed by atoms with Gasteiger partial charge in [-0.25, -0.2) is 4.98 Å². The molecule has 0 N–H and O–H groups in total. The van der Waals surface area contributed by atoms with Crippen LogP contribution in [-0.2, 0) is 0 Å². The second kappa shape index (κ2) is 4.63. The molecule has 3 aromatic heterocycles. The molecule has 0 amide bonds. The molecular formula is C18H13N3. The van der Waals surface area contributed by atoms with E-state index in [4.69, 9.17) is 4.98 Å². The highest BCUT2D eigenvalue weighted by atomic mass is 14.8. The normalized spacial score (nSPS) is 11.1. The van der Waals surface area contributed by atoms with Gasteiger partial charge in [-0.2, -0.15) is 0 Å². The lowest BCUT2D eigenvalue weighted by Crippen LogP contribution is -1.89. The molecule has 0 radical (unpaired) electrons. The number of benzene rings is 1. The van der Waals surface area contributed by atoms with Crippen LogP contribution in [0.5, 0.6) is 0 Å². The van der Waals surface area contributed by atoms with Crippen molar-refractivity contribution in [2.45, 2.75) is 6.92 Å². The Bertz CT molecular complexity index is 943. The highest BCUT2D eigenvalue weighted by Crippen LogP contribution is 2.25. The van der Waals surface area contributed by atoms with Crippen molar-refractivity contribution >= 4 is 21.8 Å². The third kappa shape index (κ3) is 2.03. The molecule has 0 unspecified atom stereocenters. The predicted octanol–water partition coefficient (Wildman–Crippen LogP) is 4.15. The van der Waals surface area contributed by atoms with Crippen LogP contribution in [0.15, 0.2) is 60.9 Å². The van der Waals surface area contributed by atoms with Gasteiger partial charge in [0.2, 0.25) is 0 Å². The van der Waals surface area contributed by atoms with Gasteiger partial charge in [0, 0.05) is 34.4 Å². The molecular weight excluding hydrogens is 258 g/mol. The summed E-state index contributed by atoms with van der Waals surface area (Å²) in [5.74, 6) is 0. The average molecular weight is 271 g/mol. The number of nitrogens with zero attached hydrogens (tertiary/aromatic N) is 3. The van der Waals surface area contributed by atoms with E-state index in [1.165, 1.54) is 0 Å². The molecule has 1 aromatic carbocycles. The number of aromatic nitrogens is 3. The summed E-state index contributed by atoms with van der Waals surface area (Å²) < 4.78 is 0. The first-order valence-corrected chi connectivity index (χ1v) is 6.89. The van der Waals surface area contributed by atoms with Crippen molar-refractivity contribution < 1.29 is 0 Å². The van der Waals surface area contributed by atoms with E-state index in [0.717, 1.165) is 38.8 Å². The number of hydrogen-bond acceptors (Lipinski definition) is 3. The van der Waals surface area contributed by atoms with E-state index in [9.17, 15) is 0 Å². The van der Waals surface area contributed by atoms with Crippen LogP contribution in [0, 0.1) is 6.92 Å². The maximum Gasteiger partial charge on any atom is 0.0972 e. The average Bonchev–Trinajstić information content (AvgIpc) is 2.55. The van der Waals surface area contributed by atoms with Gasteiger partial charge in [-0.3, -0.25) is 9.97 Å². The minimum absolute atomic E-state index is 0.924. The first-order chi connectivity index (χ1) is 10.3. The van der Waals surface area contributed by atoms with E-state index in [0.29, 0.717) is 0 Å². The van der Waals surface area contributed by atoms with Gasteiger partial charge in [0.15, 0.2) is 0 Å². The van der Waals surface area contributed by atoms with Gasteiger partial charge in [0.25, 0.3) is 0 Å². The van der Waals surface area contributed by atoms with Crippen LogP contribution >= 0.6 is 0 Å². The summed E-state index contributed by atoms with van der Waals surface area (Å²) in [6.07, 6.45) is 3.67. The van der Waals surface area contributed by atoms with Gasteiger partial charge in [-0.15, -0.1) is 0 Å². The summed E-state index contributed by atoms with van der Waals surface area (Å²) in [6.45, 7) is 1.98. The number of pyridine rings is 3. The molecule has 0 spiro atoms. The molecule has 100 valence electrons. The zero-order chi connectivity index (χ0) is 14.2. The molecule has 3 heterocycles. The van der Waals surface area contributed by atoms with Crippen molar-refractivity contribution in [1.82, 2.24) is 15.0 Å². The Labute approximate surface area is 122 Å². The van der Waals surface area contributed by atoms with E-state index in [1.807, 2.05) is 37.5 Å². The van der Waals surface area contributed by atoms with Gasteiger partial charge in [0.1, 0.15) is 0 Å². The monoisotopic (exact) mass is 271 g/mol. The van der Waals surface area contributed by atoms with Crippen molar-refractivity contribution in [2.24, 2.45) is 0 Å². The summed E-state index contributed by atoms with van der Waals surface area (Å²) >= 11 is 0. The Morgan fingerprint density at radius 1 is 0.762 bits per heavy atom. The summed E-state index contributed by atoms with van der Waals surface area (Å²) in [6, 6.07) is 16.3. The molecule has 0 fully saturated rings. The smallest absolute Gasteiger partial charge is 0.0972 e. The van der Waals surface area contributed by atoms with Crippen molar-refractivity contribution in [3.63, 3.8) is 0 Å². The van der Waals surface area contributed by atoms with Crippen LogP contribution < -0.4 is 0 Å². The van der Waals surface area contributed by atoms with E-state index < -0.39 is 0 Å². The highest BCUT2D eigenvalue weighted by Gasteiger charge is 2.06. The fourth-order valence-electron chi connectivity index (χ4n) is 2.50.